The molecule has 0 bridgehead atoms. The van der Waals surface area contributed by atoms with Crippen molar-refractivity contribution in [1.82, 2.24) is 15.1 Å². The summed E-state index contributed by atoms with van der Waals surface area (Å²) in [5.74, 6) is 0.0464. The predicted molar refractivity (Wildman–Crippen MR) is 77.5 cm³/mol. The van der Waals surface area contributed by atoms with Crippen molar-refractivity contribution in [3.63, 3.8) is 0 Å². The van der Waals surface area contributed by atoms with E-state index in [1.807, 2.05) is 42.2 Å². The van der Waals surface area contributed by atoms with Crippen molar-refractivity contribution in [3.05, 3.63) is 47.8 Å². The van der Waals surface area contributed by atoms with Crippen molar-refractivity contribution in [1.29, 1.82) is 0 Å². The second kappa shape index (κ2) is 5.36. The van der Waals surface area contributed by atoms with Crippen molar-refractivity contribution in [2.75, 3.05) is 11.9 Å². The first kappa shape index (κ1) is 12.7. The Bertz CT molecular complexity index is 595. The number of anilines is 1. The number of nitrogens with one attached hydrogen (secondary N) is 2. The van der Waals surface area contributed by atoms with Gasteiger partial charge in [0.05, 0.1) is 12.7 Å². The molecule has 2 aromatic rings. The van der Waals surface area contributed by atoms with Gasteiger partial charge < -0.3 is 10.6 Å². The van der Waals surface area contributed by atoms with Crippen molar-refractivity contribution in [2.45, 2.75) is 25.9 Å². The Morgan fingerprint density at radius 3 is 3.10 bits per heavy atom. The van der Waals surface area contributed by atoms with E-state index in [1.54, 1.807) is 0 Å². The van der Waals surface area contributed by atoms with Gasteiger partial charge in [-0.15, -0.1) is 0 Å². The maximum absolute atomic E-state index is 12.1. The number of nitrogens with zero attached hydrogens (tertiary/aromatic N) is 2. The number of hydrogen-bond donors (Lipinski definition) is 2. The molecule has 20 heavy (non-hydrogen) atoms. The molecule has 1 aliphatic heterocycles. The van der Waals surface area contributed by atoms with E-state index in [0.717, 1.165) is 17.7 Å². The van der Waals surface area contributed by atoms with Crippen LogP contribution in [0.3, 0.4) is 0 Å². The lowest BCUT2D eigenvalue weighted by atomic mass is 10.1. The van der Waals surface area contributed by atoms with Gasteiger partial charge >= 0.3 is 0 Å². The zero-order valence-electron chi connectivity index (χ0n) is 11.5. The third-order valence-corrected chi connectivity index (χ3v) is 3.49. The highest BCUT2D eigenvalue weighted by molar-refractivity contribution is 5.87. The second-order valence-corrected chi connectivity index (χ2v) is 5.13. The molecule has 0 saturated carbocycles. The first-order chi connectivity index (χ1) is 9.72. The average molecular weight is 270 g/mol. The number of aryl methyl sites for hydroxylation is 1. The molecule has 3 rings (SSSR count). The van der Waals surface area contributed by atoms with Gasteiger partial charge in [0.1, 0.15) is 6.04 Å². The molecule has 5 heteroatoms. The third kappa shape index (κ3) is 2.66. The third-order valence-electron chi connectivity index (χ3n) is 3.49. The normalized spacial score (nSPS) is 16.6. The fraction of sp³-hybridized carbons (Fsp3) is 0.333. The SMILES string of the molecule is Cc1cnn(CCNC(=O)C2Cc3ccccc3N2)c1. The number of hydrogen-bond acceptors (Lipinski definition) is 3. The van der Waals surface area contributed by atoms with E-state index >= 15 is 0 Å². The van der Waals surface area contributed by atoms with Crippen molar-refractivity contribution >= 4 is 11.6 Å². The van der Waals surface area contributed by atoms with E-state index in [9.17, 15) is 4.79 Å². The molecule has 1 aromatic carbocycles. The standard InChI is InChI=1S/C15H18N4O/c1-11-9-17-19(10-11)7-6-16-15(20)14-8-12-4-2-3-5-13(12)18-14/h2-5,9-10,14,18H,6-8H2,1H3,(H,16,20). The van der Waals surface area contributed by atoms with E-state index in [1.165, 1.54) is 5.56 Å². The Morgan fingerprint density at radius 2 is 2.35 bits per heavy atom. The lowest BCUT2D eigenvalue weighted by molar-refractivity contribution is -0.121. The molecular formula is C15H18N4O. The molecular weight excluding hydrogens is 252 g/mol. The molecule has 2 heterocycles. The Morgan fingerprint density at radius 1 is 1.50 bits per heavy atom. The van der Waals surface area contributed by atoms with Gasteiger partial charge in [-0.2, -0.15) is 5.10 Å². The summed E-state index contributed by atoms with van der Waals surface area (Å²) in [4.78, 5) is 12.1. The van der Waals surface area contributed by atoms with E-state index in [0.29, 0.717) is 13.1 Å². The Kier molecular flexibility index (Phi) is 3.41. The highest BCUT2D eigenvalue weighted by Gasteiger charge is 2.25. The summed E-state index contributed by atoms with van der Waals surface area (Å²) in [6.45, 7) is 3.29. The minimum atomic E-state index is -0.160. The van der Waals surface area contributed by atoms with Crippen LogP contribution in [0.2, 0.25) is 0 Å². The van der Waals surface area contributed by atoms with Crippen LogP contribution >= 0.6 is 0 Å². The molecule has 5 nitrogen and oxygen atoms in total. The predicted octanol–water partition coefficient (Wildman–Crippen LogP) is 1.34. The van der Waals surface area contributed by atoms with E-state index in [-0.39, 0.29) is 11.9 Å². The van der Waals surface area contributed by atoms with Gasteiger partial charge in [-0.05, 0) is 24.1 Å². The smallest absolute Gasteiger partial charge is 0.242 e. The van der Waals surface area contributed by atoms with Crippen molar-refractivity contribution < 1.29 is 4.79 Å². The number of rotatable bonds is 4. The summed E-state index contributed by atoms with van der Waals surface area (Å²) in [5.41, 5.74) is 3.40. The summed E-state index contributed by atoms with van der Waals surface area (Å²) < 4.78 is 1.84. The molecule has 1 atom stereocenters. The van der Waals surface area contributed by atoms with Crippen LogP contribution < -0.4 is 10.6 Å². The first-order valence-corrected chi connectivity index (χ1v) is 6.83. The van der Waals surface area contributed by atoms with Gasteiger partial charge in [-0.3, -0.25) is 9.48 Å². The molecule has 1 aliphatic rings. The zero-order valence-corrected chi connectivity index (χ0v) is 11.5. The molecule has 0 radical (unpaired) electrons. The topological polar surface area (TPSA) is 59.0 Å². The minimum Gasteiger partial charge on any atom is -0.373 e. The molecule has 2 N–H and O–H groups in total. The number of aromatic nitrogens is 2. The van der Waals surface area contributed by atoms with Crippen molar-refractivity contribution in [3.8, 4) is 0 Å². The van der Waals surface area contributed by atoms with Gasteiger partial charge in [0.25, 0.3) is 0 Å². The lowest BCUT2D eigenvalue weighted by Crippen LogP contribution is -2.39. The quantitative estimate of drug-likeness (QED) is 0.881. The van der Waals surface area contributed by atoms with Crippen LogP contribution in [0.25, 0.3) is 0 Å². The molecule has 0 saturated heterocycles. The molecule has 0 fully saturated rings. The second-order valence-electron chi connectivity index (χ2n) is 5.13. The van der Waals surface area contributed by atoms with Gasteiger partial charge in [-0.25, -0.2) is 0 Å². The summed E-state index contributed by atoms with van der Waals surface area (Å²) in [5, 5.41) is 10.4. The van der Waals surface area contributed by atoms with Gasteiger partial charge in [0.2, 0.25) is 5.91 Å². The van der Waals surface area contributed by atoms with Crippen LogP contribution in [0.5, 0.6) is 0 Å². The van der Waals surface area contributed by atoms with Crippen LogP contribution in [0, 0.1) is 6.92 Å². The molecule has 0 aliphatic carbocycles. The average Bonchev–Trinajstić information content (AvgIpc) is 3.04. The number of carbonyl (C=O) groups excluding carboxylic acids is 1. The number of amides is 1. The molecule has 0 spiro atoms. The Balaban J connectivity index is 1.49. The lowest BCUT2D eigenvalue weighted by Gasteiger charge is -2.11. The summed E-state index contributed by atoms with van der Waals surface area (Å²) in [6.07, 6.45) is 4.54. The molecule has 1 unspecified atom stereocenters. The Labute approximate surface area is 118 Å². The van der Waals surface area contributed by atoms with Crippen LogP contribution in [0.15, 0.2) is 36.7 Å². The van der Waals surface area contributed by atoms with Crippen LogP contribution in [-0.4, -0.2) is 28.3 Å². The van der Waals surface area contributed by atoms with Gasteiger partial charge in [0.15, 0.2) is 0 Å². The molecule has 1 amide bonds. The Hall–Kier alpha value is -2.30. The van der Waals surface area contributed by atoms with Crippen LogP contribution in [0.4, 0.5) is 5.69 Å². The summed E-state index contributed by atoms with van der Waals surface area (Å²) in [6, 6.07) is 7.89. The van der Waals surface area contributed by atoms with Crippen molar-refractivity contribution in [2.24, 2.45) is 0 Å². The first-order valence-electron chi connectivity index (χ1n) is 6.83. The maximum atomic E-state index is 12.1. The van der Waals surface area contributed by atoms with Gasteiger partial charge in [-0.1, -0.05) is 18.2 Å². The summed E-state index contributed by atoms with van der Waals surface area (Å²) in [7, 11) is 0. The highest BCUT2D eigenvalue weighted by Crippen LogP contribution is 2.24. The molecule has 104 valence electrons. The van der Waals surface area contributed by atoms with E-state index < -0.39 is 0 Å². The summed E-state index contributed by atoms with van der Waals surface area (Å²) >= 11 is 0. The largest absolute Gasteiger partial charge is 0.373 e. The number of fused-ring (bicyclic) bond motifs is 1. The van der Waals surface area contributed by atoms with E-state index in [2.05, 4.69) is 21.8 Å². The van der Waals surface area contributed by atoms with E-state index in [4.69, 9.17) is 0 Å². The monoisotopic (exact) mass is 270 g/mol. The number of carbonyl (C=O) groups is 1. The highest BCUT2D eigenvalue weighted by atomic mass is 16.2. The fourth-order valence-corrected chi connectivity index (χ4v) is 2.46. The maximum Gasteiger partial charge on any atom is 0.242 e. The minimum absolute atomic E-state index is 0.0464. The number of benzene rings is 1. The van der Waals surface area contributed by atoms with Crippen LogP contribution in [0.1, 0.15) is 11.1 Å². The number of para-hydroxylation sites is 1. The zero-order chi connectivity index (χ0) is 13.9. The fourth-order valence-electron chi connectivity index (χ4n) is 2.46. The van der Waals surface area contributed by atoms with Gasteiger partial charge in [0, 0.05) is 24.8 Å². The van der Waals surface area contributed by atoms with Crippen LogP contribution in [-0.2, 0) is 17.8 Å². The molecule has 1 aromatic heterocycles.